The van der Waals surface area contributed by atoms with Crippen LogP contribution in [0.5, 0.6) is 11.5 Å². The summed E-state index contributed by atoms with van der Waals surface area (Å²) in [5, 5.41) is 2.10. The van der Waals surface area contributed by atoms with Gasteiger partial charge < -0.3 is 4.74 Å². The van der Waals surface area contributed by atoms with Crippen molar-refractivity contribution in [3.63, 3.8) is 0 Å². The molecule has 0 saturated carbocycles. The minimum absolute atomic E-state index is 0.0228. The minimum atomic E-state index is -0.568. The Morgan fingerprint density at radius 2 is 1.22 bits per heavy atom. The van der Waals surface area contributed by atoms with E-state index in [-0.39, 0.29) is 33.4 Å². The molecule has 0 spiro atoms. The molecule has 0 aliphatic rings. The Bertz CT molecular complexity index is 4450. The van der Waals surface area contributed by atoms with E-state index in [1.165, 1.54) is 11.1 Å². The van der Waals surface area contributed by atoms with Crippen LogP contribution in [0.1, 0.15) is 78.2 Å². The standard InChI is InChI=1S/C69H58N4O/c1-6-47(7-2)60-44-67(70-45-62(60)51-33-36-53(37-34-51)69(3,4)5)73-63-40-35-52(48-21-11-8-12-22-48)41-61(63)59-39-38-56(43-66(59)73)74-55-28-19-27-54(42-55)71-46-72(65-32-18-17-31-64(65)71)68-57(49-23-13-9-14-24-49)29-20-30-58(68)50-25-15-10-16-26-50/h8-45,47H,6-7H2,1-5H3/i9D,10D,13D,14D,15D,16D,23D,24D,25D,26D. The summed E-state index contributed by atoms with van der Waals surface area (Å²) in [7, 11) is 0. The molecular weight excluding hydrogens is 901 g/mol. The van der Waals surface area contributed by atoms with Crippen LogP contribution in [0.3, 0.4) is 0 Å². The van der Waals surface area contributed by atoms with Gasteiger partial charge in [0, 0.05) is 28.6 Å². The largest absolute Gasteiger partial charge is 0.458 e. The number of nitrogens with zero attached hydrogens (tertiary/aromatic N) is 4. The van der Waals surface area contributed by atoms with Crippen molar-refractivity contribution < 1.29 is 23.0 Å². The Morgan fingerprint density at radius 3 is 1.92 bits per heavy atom. The third kappa shape index (κ3) is 8.54. The summed E-state index contributed by atoms with van der Waals surface area (Å²) in [6.07, 6.45) is 7.44. The van der Waals surface area contributed by atoms with E-state index in [4.69, 9.17) is 23.4 Å². The van der Waals surface area contributed by atoms with Crippen molar-refractivity contribution in [2.45, 2.75) is 58.8 Å². The van der Waals surface area contributed by atoms with Crippen LogP contribution in [0.15, 0.2) is 230 Å². The summed E-state index contributed by atoms with van der Waals surface area (Å²) in [6.45, 7) is 11.2. The lowest BCUT2D eigenvalue weighted by Gasteiger charge is -2.22. The molecule has 5 heteroatoms. The van der Waals surface area contributed by atoms with Crippen LogP contribution in [0.25, 0.3) is 94.5 Å². The lowest BCUT2D eigenvalue weighted by molar-refractivity contribution is -0.571. The fourth-order valence-corrected chi connectivity index (χ4v) is 10.4. The van der Waals surface area contributed by atoms with Crippen molar-refractivity contribution in [1.29, 1.82) is 0 Å². The van der Waals surface area contributed by atoms with Crippen molar-refractivity contribution in [2.24, 2.45) is 0 Å². The third-order valence-electron chi connectivity index (χ3n) is 14.2. The lowest BCUT2D eigenvalue weighted by atomic mass is 9.84. The molecule has 12 rings (SSSR count). The van der Waals surface area contributed by atoms with Gasteiger partial charge in [0.15, 0.2) is 0 Å². The molecule has 5 nitrogen and oxygen atoms in total. The number of rotatable bonds is 12. The molecule has 0 radical (unpaired) electrons. The van der Waals surface area contributed by atoms with Crippen LogP contribution in [-0.2, 0) is 5.41 Å². The molecule has 0 aliphatic heterocycles. The smallest absolute Gasteiger partial charge is 0.269 e. The first-order chi connectivity index (χ1) is 40.4. The molecule has 0 bridgehead atoms. The zero-order valence-electron chi connectivity index (χ0n) is 51.9. The predicted octanol–water partition coefficient (Wildman–Crippen LogP) is 17.9. The summed E-state index contributed by atoms with van der Waals surface area (Å²) < 4.78 is 100. The van der Waals surface area contributed by atoms with Crippen LogP contribution < -0.4 is 9.30 Å². The van der Waals surface area contributed by atoms with Gasteiger partial charge in [0.2, 0.25) is 0 Å². The number of fused-ring (bicyclic) bond motifs is 4. The quantitative estimate of drug-likeness (QED) is 0.0903. The molecule has 3 aromatic heterocycles. The van der Waals surface area contributed by atoms with E-state index in [0.717, 1.165) is 62.7 Å². The zero-order valence-corrected chi connectivity index (χ0v) is 41.9. The second-order valence-electron chi connectivity index (χ2n) is 19.6. The molecule has 0 N–H and O–H groups in total. The third-order valence-corrected chi connectivity index (χ3v) is 14.2. The van der Waals surface area contributed by atoms with Gasteiger partial charge in [-0.05, 0) is 123 Å². The maximum atomic E-state index is 9.10. The predicted molar refractivity (Wildman–Crippen MR) is 306 cm³/mol. The molecule has 0 unspecified atom stereocenters. The maximum absolute atomic E-state index is 9.10. The molecule has 0 aliphatic carbocycles. The monoisotopic (exact) mass is 969 g/mol. The maximum Gasteiger partial charge on any atom is 0.269 e. The lowest BCUT2D eigenvalue weighted by Crippen LogP contribution is -2.31. The van der Waals surface area contributed by atoms with Gasteiger partial charge in [0.1, 0.15) is 17.3 Å². The Kier molecular flexibility index (Phi) is 9.44. The van der Waals surface area contributed by atoms with Gasteiger partial charge in [-0.3, -0.25) is 13.7 Å². The van der Waals surface area contributed by atoms with Crippen molar-refractivity contribution in [2.75, 3.05) is 0 Å². The highest BCUT2D eigenvalue weighted by Crippen LogP contribution is 2.41. The van der Waals surface area contributed by atoms with Crippen molar-refractivity contribution >= 4 is 32.8 Å². The minimum Gasteiger partial charge on any atom is -0.458 e. The summed E-state index contributed by atoms with van der Waals surface area (Å²) in [6, 6.07) is 48.8. The normalized spacial score (nSPS) is 13.7. The Labute approximate surface area is 448 Å². The van der Waals surface area contributed by atoms with E-state index >= 15 is 0 Å². The molecule has 74 heavy (non-hydrogen) atoms. The molecule has 360 valence electrons. The fourth-order valence-electron chi connectivity index (χ4n) is 10.4. The number of hydrogen-bond acceptors (Lipinski definition) is 2. The number of hydrogen-bond donors (Lipinski definition) is 0. The van der Waals surface area contributed by atoms with E-state index in [2.05, 4.69) is 130 Å². The molecule has 3 heterocycles. The van der Waals surface area contributed by atoms with Crippen LogP contribution in [0.4, 0.5) is 0 Å². The average Bonchev–Trinajstić information content (AvgIpc) is 1.66. The molecule has 0 amide bonds. The topological polar surface area (TPSA) is 35.9 Å². The number of benzene rings is 9. The molecule has 9 aromatic carbocycles. The van der Waals surface area contributed by atoms with Gasteiger partial charge in [-0.25, -0.2) is 4.98 Å². The molecule has 0 saturated heterocycles. The van der Waals surface area contributed by atoms with E-state index in [0.29, 0.717) is 34.1 Å². The Balaban J connectivity index is 1.01. The highest BCUT2D eigenvalue weighted by Gasteiger charge is 2.23. The van der Waals surface area contributed by atoms with E-state index < -0.39 is 60.4 Å². The van der Waals surface area contributed by atoms with Crippen LogP contribution in [0.2, 0.25) is 0 Å². The molecule has 12 aromatic rings. The Hall–Kier alpha value is -8.80. The van der Waals surface area contributed by atoms with Gasteiger partial charge in [0.25, 0.3) is 6.33 Å². The van der Waals surface area contributed by atoms with Gasteiger partial charge in [-0.2, -0.15) is 0 Å². The second-order valence-corrected chi connectivity index (χ2v) is 19.6. The second kappa shape index (κ2) is 19.3. The van der Waals surface area contributed by atoms with E-state index in [1.54, 1.807) is 22.8 Å². The highest BCUT2D eigenvalue weighted by atomic mass is 16.5. The van der Waals surface area contributed by atoms with Gasteiger partial charge in [-0.15, -0.1) is 0 Å². The van der Waals surface area contributed by atoms with Crippen molar-refractivity contribution in [3.8, 4) is 73.2 Å². The van der Waals surface area contributed by atoms with E-state index in [9.17, 15) is 0 Å². The van der Waals surface area contributed by atoms with Crippen LogP contribution in [0, 0.1) is 6.33 Å². The highest BCUT2D eigenvalue weighted by molar-refractivity contribution is 6.10. The molecular formula is C69H58N4O. The number of ether oxygens (including phenoxy) is 1. The molecule has 0 atom stereocenters. The number of aromatic nitrogens is 4. The van der Waals surface area contributed by atoms with Gasteiger partial charge in [0.05, 0.1) is 47.1 Å². The zero-order chi connectivity index (χ0) is 59.0. The fraction of sp³-hybridized carbons (Fsp3) is 0.130. The average molecular weight is 969 g/mol. The first-order valence-corrected chi connectivity index (χ1v) is 25.1. The Morgan fingerprint density at radius 1 is 0.554 bits per heavy atom. The van der Waals surface area contributed by atoms with Crippen LogP contribution >= 0.6 is 0 Å². The summed E-state index contributed by atoms with van der Waals surface area (Å²) >= 11 is 0. The first kappa shape index (κ1) is 36.2. The SMILES string of the molecule is [2H]c1c([2H])c([2H])c(-c2cccc(-c3c([2H])c([2H])c([2H])c([2H])c3[2H])c2-[n+]2[c-]n(-c3cccc(Oc4ccc5c6cc(-c7ccccc7)ccc6n(-c6cc(C(CC)CC)c(-c7ccc(C(C)(C)C)cc7)cn6)c5c4)c3)c3ccccc32)c([2H])c1[2H]. The van der Waals surface area contributed by atoms with Crippen molar-refractivity contribution in [3.05, 3.63) is 248 Å². The summed E-state index contributed by atoms with van der Waals surface area (Å²) in [5.41, 5.74) is 11.0. The summed E-state index contributed by atoms with van der Waals surface area (Å²) in [5.74, 6) is 2.17. The van der Waals surface area contributed by atoms with Gasteiger partial charge >= 0.3 is 0 Å². The van der Waals surface area contributed by atoms with Gasteiger partial charge in [-0.1, -0.05) is 204 Å². The number of para-hydroxylation sites is 3. The number of pyridine rings is 1. The van der Waals surface area contributed by atoms with E-state index in [1.807, 2.05) is 71.4 Å². The first-order valence-electron chi connectivity index (χ1n) is 30.1. The summed E-state index contributed by atoms with van der Waals surface area (Å²) in [4.78, 5) is 5.28. The van der Waals surface area contributed by atoms with Crippen molar-refractivity contribution in [1.82, 2.24) is 14.1 Å². The number of imidazole rings is 1. The van der Waals surface area contributed by atoms with Crippen LogP contribution in [-0.4, -0.2) is 14.1 Å². The molecule has 0 fully saturated rings.